The molecule has 114 heavy (non-hydrogen) atoms. The van der Waals surface area contributed by atoms with Crippen LogP contribution in [0.1, 0.15) is 268 Å². The normalized spacial score (nSPS) is 27.0. The number of anilines is 12. The van der Waals surface area contributed by atoms with Crippen LogP contribution in [0.25, 0.3) is 0 Å². The van der Waals surface area contributed by atoms with Crippen LogP contribution in [0.2, 0.25) is 0 Å². The summed E-state index contributed by atoms with van der Waals surface area (Å²) in [6.45, 7) is 29.2. The maximum absolute atomic E-state index is 2.83. The lowest BCUT2D eigenvalue weighted by atomic mass is 9.33. The van der Waals surface area contributed by atoms with E-state index in [1.54, 1.807) is 22.3 Å². The highest BCUT2D eigenvalue weighted by atomic mass is 15.2. The second-order valence-corrected chi connectivity index (χ2v) is 43.5. The summed E-state index contributed by atoms with van der Waals surface area (Å²) >= 11 is 0. The number of hydrogen-bond acceptors (Lipinski definition) is 4. The Morgan fingerprint density at radius 1 is 0.281 bits per heavy atom. The maximum atomic E-state index is 2.83. The van der Waals surface area contributed by atoms with Gasteiger partial charge in [-0.2, -0.15) is 0 Å². The molecule has 0 spiro atoms. The van der Waals surface area contributed by atoms with Crippen molar-refractivity contribution in [2.45, 2.75) is 256 Å². The van der Waals surface area contributed by atoms with Crippen LogP contribution >= 0.6 is 0 Å². The lowest BCUT2D eigenvalue weighted by Crippen LogP contribution is -2.62. The van der Waals surface area contributed by atoms with Crippen molar-refractivity contribution in [3.8, 4) is 0 Å². The Hall–Kier alpha value is -8.47. The fourth-order valence-corrected chi connectivity index (χ4v) is 27.5. The maximum Gasteiger partial charge on any atom is 0.252 e. The van der Waals surface area contributed by atoms with Crippen LogP contribution in [0.4, 0.5) is 68.2 Å². The highest BCUT2D eigenvalue weighted by Crippen LogP contribution is 2.67. The van der Waals surface area contributed by atoms with Crippen molar-refractivity contribution < 1.29 is 0 Å². The van der Waals surface area contributed by atoms with E-state index < -0.39 is 0 Å². The molecule has 2 atom stereocenters. The molecule has 4 nitrogen and oxygen atoms in total. The van der Waals surface area contributed by atoms with E-state index in [2.05, 4.69) is 309 Å². The Labute approximate surface area is 683 Å². The molecule has 10 aromatic rings. The van der Waals surface area contributed by atoms with Gasteiger partial charge >= 0.3 is 0 Å². The molecular weight excluding hydrogens is 1370 g/mol. The van der Waals surface area contributed by atoms with Crippen molar-refractivity contribution in [1.29, 1.82) is 0 Å². The predicted molar refractivity (Wildman–Crippen MR) is 485 cm³/mol. The van der Waals surface area contributed by atoms with E-state index in [1.807, 2.05) is 0 Å². The van der Waals surface area contributed by atoms with Gasteiger partial charge in [-0.05, 0) is 375 Å². The summed E-state index contributed by atoms with van der Waals surface area (Å²) in [6.07, 6.45) is 27.1. The lowest BCUT2D eigenvalue weighted by Gasteiger charge is -2.62. The minimum Gasteiger partial charge on any atom is -0.311 e. The highest BCUT2D eigenvalue weighted by molar-refractivity contribution is 7.01. The van der Waals surface area contributed by atoms with Crippen LogP contribution in [0, 0.1) is 47.3 Å². The number of hydrogen-bond donors (Lipinski definition) is 0. The third-order valence-corrected chi connectivity index (χ3v) is 32.3. The van der Waals surface area contributed by atoms with Crippen LogP contribution in [0.5, 0.6) is 0 Å². The van der Waals surface area contributed by atoms with Crippen LogP contribution in [-0.4, -0.2) is 13.4 Å². The summed E-state index contributed by atoms with van der Waals surface area (Å²) < 4.78 is 0. The molecule has 0 radical (unpaired) electrons. The van der Waals surface area contributed by atoms with E-state index in [-0.39, 0.29) is 45.9 Å². The Bertz CT molecular complexity index is 5210. The molecule has 0 amide bonds. The van der Waals surface area contributed by atoms with Gasteiger partial charge < -0.3 is 19.6 Å². The number of nitrogens with zero attached hydrogens (tertiary/aromatic N) is 4. The average molecular weight is 1500 g/mol. The molecule has 8 bridgehead atoms. The first-order valence-corrected chi connectivity index (χ1v) is 45.3. The van der Waals surface area contributed by atoms with Gasteiger partial charge in [0, 0.05) is 68.2 Å². The largest absolute Gasteiger partial charge is 0.311 e. The van der Waals surface area contributed by atoms with Crippen molar-refractivity contribution in [2.24, 2.45) is 47.3 Å². The third-order valence-electron chi connectivity index (χ3n) is 32.3. The van der Waals surface area contributed by atoms with Gasteiger partial charge in [0.15, 0.2) is 0 Å². The van der Waals surface area contributed by atoms with Crippen LogP contribution in [0.3, 0.4) is 0 Å². The number of benzene rings is 10. The Balaban J connectivity index is 0.640. The topological polar surface area (TPSA) is 13.0 Å². The van der Waals surface area contributed by atoms with Crippen molar-refractivity contribution in [3.63, 3.8) is 0 Å². The number of fused-ring (bicyclic) bond motifs is 8. The minimum absolute atomic E-state index is 0.0427. The first-order valence-electron chi connectivity index (χ1n) is 45.3. The number of rotatable bonds is 9. The van der Waals surface area contributed by atoms with E-state index in [0.29, 0.717) is 11.8 Å². The van der Waals surface area contributed by atoms with Gasteiger partial charge in [0.2, 0.25) is 0 Å². The number of para-hydroxylation sites is 4. The van der Waals surface area contributed by atoms with Gasteiger partial charge in [0.1, 0.15) is 0 Å². The van der Waals surface area contributed by atoms with Crippen LogP contribution in [0.15, 0.2) is 206 Å². The average Bonchev–Trinajstić information content (AvgIpc) is 0.691. The predicted octanol–water partition coefficient (Wildman–Crippen LogP) is 25.2. The molecule has 0 saturated heterocycles. The summed E-state index contributed by atoms with van der Waals surface area (Å²) in [7, 11) is 0. The van der Waals surface area contributed by atoms with Crippen molar-refractivity contribution in [3.05, 3.63) is 251 Å². The molecule has 10 fully saturated rings. The first kappa shape index (κ1) is 72.0. The van der Waals surface area contributed by atoms with E-state index >= 15 is 0 Å². The van der Waals surface area contributed by atoms with Crippen molar-refractivity contribution >= 4 is 114 Å². The van der Waals surface area contributed by atoms with Crippen LogP contribution < -0.4 is 52.4 Å². The Morgan fingerprint density at radius 2 is 0.623 bits per heavy atom. The molecule has 10 aromatic carbocycles. The van der Waals surface area contributed by atoms with E-state index in [0.717, 1.165) is 47.3 Å². The summed E-state index contributed by atoms with van der Waals surface area (Å²) in [5, 5.41) is 0. The standard InChI is InChI=1S/C108H120B2N4/c1-103(2,3)78-51-79(104(4,5)6)54-86(53-78)113-92-34-24-22-32-88(92)109-89-33-23-25-35-93(89)114(87-55-80(105(7,8)9)52-81(56-87)106(10,11)12)99-60-83(59-98(113)101(99)109)108-64-70-47-76(65-108)100(77(48-70)66-108)73-38-36-72(37-39-73)75-41-43-95-91(50-75)110-90-49-74(71-26-16-13-17-27-71)40-42-94(90)111(84-28-18-14-19-29-84)96-57-82(107-61-67-44-68(62-107)46-69(45-67)63-107)58-97(102(96)110)112(95)85-30-20-15-21-31-85/h14-15,18-25,28-35,40-43,49-60,67-73,76-77,100H,13,16-17,26-27,36-39,44-48,61-66H2,1-12H3. The summed E-state index contributed by atoms with van der Waals surface area (Å²) in [5.41, 5.74) is 37.1. The Kier molecular flexibility index (Phi) is 16.4. The second-order valence-electron chi connectivity index (χ2n) is 43.5. The fraction of sp³-hybridized carbons (Fsp3) is 0.444. The molecule has 4 heterocycles. The lowest BCUT2D eigenvalue weighted by molar-refractivity contribution is -0.0848. The SMILES string of the molecule is CC(C)(C)c1cc(N2c3ccccc3B3c4ccccc4N(c4cc(C(C)(C)C)cc(C(C)(C)C)c4)c4cc(C56CC7CC(C5)C(C5CCC(c8ccc9c(c8)B8c%10cc(C%11CCCCC%11)ccc%10N(c%10ccccc%10)c%10cc(C%11%12CC%13CC(CC(C%13)C%11)C%12)cc(c%108)N9c8ccccc8)CC5)C(C7)C6)cc2c43)cc(C(C)(C)C)c1. The first-order chi connectivity index (χ1) is 54.9. The molecule has 578 valence electrons. The molecule has 4 aliphatic heterocycles. The molecule has 24 rings (SSSR count). The summed E-state index contributed by atoms with van der Waals surface area (Å²) in [5.74, 6) is 7.57. The highest BCUT2D eigenvalue weighted by Gasteiger charge is 2.59. The minimum atomic E-state index is -0.0427. The van der Waals surface area contributed by atoms with Crippen molar-refractivity contribution in [1.82, 2.24) is 0 Å². The Morgan fingerprint density at radius 3 is 1.03 bits per heavy atom. The third kappa shape index (κ3) is 11.5. The quantitative estimate of drug-likeness (QED) is 0.134. The zero-order valence-corrected chi connectivity index (χ0v) is 70.5. The van der Waals surface area contributed by atoms with Gasteiger partial charge in [-0.25, -0.2) is 0 Å². The van der Waals surface area contributed by atoms with Crippen molar-refractivity contribution in [2.75, 3.05) is 19.6 Å². The molecule has 0 N–H and O–H groups in total. The molecule has 2 unspecified atom stereocenters. The molecular formula is C108H120B2N4. The van der Waals surface area contributed by atoms with Gasteiger partial charge in [-0.1, -0.05) is 212 Å². The summed E-state index contributed by atoms with van der Waals surface area (Å²) in [4.78, 5) is 11.1. The van der Waals surface area contributed by atoms with Gasteiger partial charge in [0.25, 0.3) is 13.4 Å². The van der Waals surface area contributed by atoms with Gasteiger partial charge in [-0.3, -0.25) is 0 Å². The smallest absolute Gasteiger partial charge is 0.252 e. The van der Waals surface area contributed by atoms with E-state index in [1.165, 1.54) is 252 Å². The monoisotopic (exact) mass is 1490 g/mol. The molecule has 14 aliphatic rings. The zero-order valence-electron chi connectivity index (χ0n) is 70.5. The summed E-state index contributed by atoms with van der Waals surface area (Å²) in [6, 6.07) is 84.9. The fourth-order valence-electron chi connectivity index (χ4n) is 27.5. The molecule has 10 saturated carbocycles. The van der Waals surface area contributed by atoms with E-state index in [9.17, 15) is 0 Å². The van der Waals surface area contributed by atoms with E-state index in [4.69, 9.17) is 0 Å². The van der Waals surface area contributed by atoms with Gasteiger partial charge in [0.05, 0.1) is 0 Å². The zero-order chi connectivity index (χ0) is 77.4. The second kappa shape index (κ2) is 26.0. The van der Waals surface area contributed by atoms with Crippen LogP contribution in [-0.2, 0) is 32.5 Å². The molecule has 10 aliphatic carbocycles. The molecule has 6 heteroatoms. The van der Waals surface area contributed by atoms with Gasteiger partial charge in [-0.15, -0.1) is 0 Å². The molecule has 0 aromatic heterocycles.